The maximum absolute atomic E-state index is 12.4. The minimum atomic E-state index is -0.941. The zero-order valence-electron chi connectivity index (χ0n) is 14.0. The van der Waals surface area contributed by atoms with Gasteiger partial charge in [-0.15, -0.1) is 0 Å². The van der Waals surface area contributed by atoms with Crippen molar-refractivity contribution in [3.63, 3.8) is 0 Å². The first-order chi connectivity index (χ1) is 11.5. The summed E-state index contributed by atoms with van der Waals surface area (Å²) < 4.78 is 0. The minimum Gasteiger partial charge on any atom is -0.391 e. The fourth-order valence-electron chi connectivity index (χ4n) is 3.91. The standard InChI is InChI=1S/C16H26N4O4/c1-9(21)13-15(23)20-8-11(7-12(20)14(22)19-13)18-16(24)17-10-5-3-2-4-6-10/h9-13,21H,2-8H2,1H3,(H,19,22)(H2,17,18,24)/t9-,11+,12+,13+/m1/s1. The molecule has 0 radical (unpaired) electrons. The Hall–Kier alpha value is -1.83. The molecule has 0 aromatic rings. The third-order valence-corrected chi connectivity index (χ3v) is 5.21. The Kier molecular flexibility index (Phi) is 4.93. The number of carbonyl (C=O) groups excluding carboxylic acids is 3. The van der Waals surface area contributed by atoms with Crippen molar-refractivity contribution in [3.05, 3.63) is 0 Å². The highest BCUT2D eigenvalue weighted by Gasteiger charge is 2.47. The summed E-state index contributed by atoms with van der Waals surface area (Å²) in [5.41, 5.74) is 0. The van der Waals surface area contributed by atoms with Gasteiger partial charge >= 0.3 is 6.03 Å². The summed E-state index contributed by atoms with van der Waals surface area (Å²) in [7, 11) is 0. The lowest BCUT2D eigenvalue weighted by Gasteiger charge is -2.35. The second kappa shape index (κ2) is 6.96. The van der Waals surface area contributed by atoms with E-state index >= 15 is 0 Å². The van der Waals surface area contributed by atoms with Crippen LogP contribution in [0.4, 0.5) is 4.79 Å². The summed E-state index contributed by atoms with van der Waals surface area (Å²) in [6.45, 7) is 1.78. The molecule has 2 aliphatic heterocycles. The van der Waals surface area contributed by atoms with Crippen LogP contribution >= 0.6 is 0 Å². The van der Waals surface area contributed by atoms with E-state index < -0.39 is 18.2 Å². The fourth-order valence-corrected chi connectivity index (χ4v) is 3.91. The average Bonchev–Trinajstić information content (AvgIpc) is 2.96. The minimum absolute atomic E-state index is 0.215. The van der Waals surface area contributed by atoms with Gasteiger partial charge in [-0.05, 0) is 26.2 Å². The van der Waals surface area contributed by atoms with E-state index in [1.54, 1.807) is 0 Å². The molecule has 4 amide bonds. The molecule has 0 spiro atoms. The largest absolute Gasteiger partial charge is 0.391 e. The number of nitrogens with one attached hydrogen (secondary N) is 3. The van der Waals surface area contributed by atoms with Crippen molar-refractivity contribution >= 4 is 17.8 Å². The molecule has 3 fully saturated rings. The van der Waals surface area contributed by atoms with Gasteiger partial charge in [-0.2, -0.15) is 0 Å². The van der Waals surface area contributed by atoms with Crippen LogP contribution < -0.4 is 16.0 Å². The van der Waals surface area contributed by atoms with Gasteiger partial charge in [-0.3, -0.25) is 9.59 Å². The molecular formula is C16H26N4O4. The number of carbonyl (C=O) groups is 3. The lowest BCUT2D eigenvalue weighted by molar-refractivity contribution is -0.149. The third kappa shape index (κ3) is 3.48. The molecule has 8 nitrogen and oxygen atoms in total. The smallest absolute Gasteiger partial charge is 0.315 e. The number of aliphatic hydroxyl groups excluding tert-OH is 1. The molecule has 0 bridgehead atoms. The number of piperazine rings is 1. The average molecular weight is 338 g/mol. The van der Waals surface area contributed by atoms with Crippen LogP contribution in [0.5, 0.6) is 0 Å². The topological polar surface area (TPSA) is 111 Å². The Bertz CT molecular complexity index is 518. The molecule has 0 aromatic carbocycles. The van der Waals surface area contributed by atoms with Crippen molar-refractivity contribution in [2.24, 2.45) is 0 Å². The van der Waals surface area contributed by atoms with Crippen molar-refractivity contribution in [1.82, 2.24) is 20.9 Å². The number of hydrogen-bond acceptors (Lipinski definition) is 4. The summed E-state index contributed by atoms with van der Waals surface area (Å²) in [4.78, 5) is 38.1. The van der Waals surface area contributed by atoms with Crippen LogP contribution in [0.1, 0.15) is 45.4 Å². The maximum Gasteiger partial charge on any atom is 0.315 e. The number of aliphatic hydroxyl groups is 1. The summed E-state index contributed by atoms with van der Waals surface area (Å²) in [5, 5.41) is 18.1. The number of urea groups is 1. The highest BCUT2D eigenvalue weighted by Crippen LogP contribution is 2.24. The fraction of sp³-hybridized carbons (Fsp3) is 0.812. The third-order valence-electron chi connectivity index (χ3n) is 5.21. The van der Waals surface area contributed by atoms with Crippen molar-refractivity contribution < 1.29 is 19.5 Å². The molecule has 0 unspecified atom stereocenters. The second-order valence-electron chi connectivity index (χ2n) is 7.12. The maximum atomic E-state index is 12.4. The van der Waals surface area contributed by atoms with Crippen LogP contribution in [0.3, 0.4) is 0 Å². The van der Waals surface area contributed by atoms with Gasteiger partial charge in [0, 0.05) is 12.6 Å². The molecule has 2 saturated heterocycles. The van der Waals surface area contributed by atoms with E-state index in [4.69, 9.17) is 0 Å². The van der Waals surface area contributed by atoms with Gasteiger partial charge in [0.15, 0.2) is 0 Å². The molecule has 24 heavy (non-hydrogen) atoms. The van der Waals surface area contributed by atoms with E-state index in [0.717, 1.165) is 25.7 Å². The first kappa shape index (κ1) is 17.0. The van der Waals surface area contributed by atoms with Crippen molar-refractivity contribution in [2.45, 2.75) is 75.7 Å². The van der Waals surface area contributed by atoms with Crippen molar-refractivity contribution in [1.29, 1.82) is 0 Å². The molecule has 8 heteroatoms. The molecule has 2 heterocycles. The first-order valence-corrected chi connectivity index (χ1v) is 8.81. The molecule has 4 N–H and O–H groups in total. The molecular weight excluding hydrogens is 312 g/mol. The predicted molar refractivity (Wildman–Crippen MR) is 86.1 cm³/mol. The number of hydrogen-bond donors (Lipinski definition) is 4. The van der Waals surface area contributed by atoms with Crippen molar-refractivity contribution in [2.75, 3.05) is 6.54 Å². The second-order valence-corrected chi connectivity index (χ2v) is 7.12. The van der Waals surface area contributed by atoms with Gasteiger partial charge in [0.05, 0.1) is 12.1 Å². The van der Waals surface area contributed by atoms with Gasteiger partial charge in [-0.25, -0.2) is 4.79 Å². The summed E-state index contributed by atoms with van der Waals surface area (Å²) in [6, 6.07) is -1.73. The lowest BCUT2D eigenvalue weighted by atomic mass is 9.96. The molecule has 4 atom stereocenters. The van der Waals surface area contributed by atoms with Crippen molar-refractivity contribution in [3.8, 4) is 0 Å². The predicted octanol–water partition coefficient (Wildman–Crippen LogP) is -0.533. The number of nitrogens with zero attached hydrogens (tertiary/aromatic N) is 1. The number of amides is 4. The Morgan fingerprint density at radius 3 is 2.54 bits per heavy atom. The quantitative estimate of drug-likeness (QED) is 0.554. The van der Waals surface area contributed by atoms with Gasteiger partial charge in [0.25, 0.3) is 0 Å². The summed E-state index contributed by atoms with van der Waals surface area (Å²) in [5.74, 6) is -0.552. The van der Waals surface area contributed by atoms with E-state index in [1.165, 1.54) is 18.2 Å². The zero-order chi connectivity index (χ0) is 17.3. The summed E-state index contributed by atoms with van der Waals surface area (Å²) >= 11 is 0. The Morgan fingerprint density at radius 2 is 1.88 bits per heavy atom. The summed E-state index contributed by atoms with van der Waals surface area (Å²) in [6.07, 6.45) is 4.97. The Morgan fingerprint density at radius 1 is 1.21 bits per heavy atom. The molecule has 3 aliphatic rings. The van der Waals surface area contributed by atoms with E-state index in [1.807, 2.05) is 0 Å². The van der Waals surface area contributed by atoms with E-state index in [9.17, 15) is 19.5 Å². The van der Waals surface area contributed by atoms with Gasteiger partial charge in [0.2, 0.25) is 11.8 Å². The molecule has 134 valence electrons. The lowest BCUT2D eigenvalue weighted by Crippen LogP contribution is -2.64. The van der Waals surface area contributed by atoms with Gasteiger partial charge < -0.3 is 26.0 Å². The zero-order valence-corrected chi connectivity index (χ0v) is 14.0. The van der Waals surface area contributed by atoms with Crippen LogP contribution in [0, 0.1) is 0 Å². The SMILES string of the molecule is C[C@@H](O)[C@@H]1NC(=O)[C@@H]2C[C@H](NC(=O)NC3CCCCC3)CN2C1=O. The highest BCUT2D eigenvalue weighted by molar-refractivity contribution is 5.98. The normalized spacial score (nSPS) is 32.1. The van der Waals surface area contributed by atoms with Gasteiger partial charge in [-0.1, -0.05) is 19.3 Å². The number of fused-ring (bicyclic) bond motifs is 1. The van der Waals surface area contributed by atoms with E-state index in [-0.39, 0.29) is 29.9 Å². The van der Waals surface area contributed by atoms with Crippen LogP contribution in [0.2, 0.25) is 0 Å². The molecule has 1 aliphatic carbocycles. The molecule has 3 rings (SSSR count). The van der Waals surface area contributed by atoms with E-state index in [2.05, 4.69) is 16.0 Å². The Labute approximate surface area is 141 Å². The highest BCUT2D eigenvalue weighted by atomic mass is 16.3. The van der Waals surface area contributed by atoms with Crippen LogP contribution in [0.25, 0.3) is 0 Å². The Balaban J connectivity index is 1.55. The van der Waals surface area contributed by atoms with E-state index in [0.29, 0.717) is 13.0 Å². The van der Waals surface area contributed by atoms with Gasteiger partial charge in [0.1, 0.15) is 12.1 Å². The monoisotopic (exact) mass is 338 g/mol. The van der Waals surface area contributed by atoms with Crippen LogP contribution in [0.15, 0.2) is 0 Å². The first-order valence-electron chi connectivity index (χ1n) is 8.81. The van der Waals surface area contributed by atoms with Crippen LogP contribution in [-0.4, -0.2) is 64.7 Å². The molecule has 0 aromatic heterocycles. The number of rotatable bonds is 3. The molecule has 1 saturated carbocycles. The van der Waals surface area contributed by atoms with Crippen LogP contribution in [-0.2, 0) is 9.59 Å².